The summed E-state index contributed by atoms with van der Waals surface area (Å²) < 4.78 is 21.3. The molecule has 1 rings (SSSR count). The number of aryl methyl sites for hydroxylation is 1. The van der Waals surface area contributed by atoms with E-state index in [0.29, 0.717) is 32.7 Å². The second-order valence-electron chi connectivity index (χ2n) is 5.18. The van der Waals surface area contributed by atoms with Crippen LogP contribution in [0.4, 0.5) is 0 Å². The topological polar surface area (TPSA) is 54.0 Å². The number of carbonyl (C=O) groups is 1. The standard InChI is InChI=1S/C19H26O5/c1-5-9-23-18(20)8-7-15-11-16(13-21-3)19(24-10-6-2)17(12-15)14-22-4/h5-6,11-12H,1-2,7-10,13-14H2,3-4H3. The number of rotatable bonds is 12. The summed E-state index contributed by atoms with van der Waals surface area (Å²) in [5.41, 5.74) is 2.85. The molecule has 0 fully saturated rings. The second kappa shape index (κ2) is 11.4. The summed E-state index contributed by atoms with van der Waals surface area (Å²) in [6.07, 6.45) is 4.12. The van der Waals surface area contributed by atoms with Crippen LogP contribution in [0.5, 0.6) is 5.75 Å². The normalized spacial score (nSPS) is 10.2. The molecule has 0 aliphatic carbocycles. The number of hydrogen-bond donors (Lipinski definition) is 0. The Hall–Kier alpha value is -2.11. The summed E-state index contributed by atoms with van der Waals surface area (Å²) in [5, 5.41) is 0. The summed E-state index contributed by atoms with van der Waals surface area (Å²) >= 11 is 0. The third kappa shape index (κ3) is 6.56. The molecule has 24 heavy (non-hydrogen) atoms. The molecule has 0 aliphatic rings. The zero-order valence-electron chi connectivity index (χ0n) is 14.5. The van der Waals surface area contributed by atoms with Gasteiger partial charge >= 0.3 is 5.97 Å². The molecule has 0 unspecified atom stereocenters. The predicted molar refractivity (Wildman–Crippen MR) is 93.0 cm³/mol. The van der Waals surface area contributed by atoms with Crippen LogP contribution in [0.3, 0.4) is 0 Å². The van der Waals surface area contributed by atoms with Crippen molar-refractivity contribution in [1.29, 1.82) is 0 Å². The zero-order chi connectivity index (χ0) is 17.8. The average molecular weight is 334 g/mol. The minimum Gasteiger partial charge on any atom is -0.489 e. The first-order chi connectivity index (χ1) is 11.7. The molecular weight excluding hydrogens is 308 g/mol. The lowest BCUT2D eigenvalue weighted by Crippen LogP contribution is -2.08. The second-order valence-corrected chi connectivity index (χ2v) is 5.18. The molecule has 0 amide bonds. The van der Waals surface area contributed by atoms with Gasteiger partial charge in [-0.05, 0) is 24.1 Å². The maximum Gasteiger partial charge on any atom is 0.306 e. The van der Waals surface area contributed by atoms with Crippen molar-refractivity contribution < 1.29 is 23.7 Å². The molecule has 0 aromatic heterocycles. The van der Waals surface area contributed by atoms with Gasteiger partial charge in [0, 0.05) is 31.8 Å². The third-order valence-electron chi connectivity index (χ3n) is 3.23. The fourth-order valence-electron chi connectivity index (χ4n) is 2.29. The third-order valence-corrected chi connectivity index (χ3v) is 3.23. The molecule has 1 aromatic rings. The highest BCUT2D eigenvalue weighted by atomic mass is 16.5. The van der Waals surface area contributed by atoms with E-state index in [-0.39, 0.29) is 12.6 Å². The van der Waals surface area contributed by atoms with E-state index >= 15 is 0 Å². The van der Waals surface area contributed by atoms with E-state index in [1.807, 2.05) is 12.1 Å². The van der Waals surface area contributed by atoms with Crippen LogP contribution >= 0.6 is 0 Å². The number of benzene rings is 1. The van der Waals surface area contributed by atoms with E-state index in [4.69, 9.17) is 18.9 Å². The minimum absolute atomic E-state index is 0.233. The minimum atomic E-state index is -0.247. The SMILES string of the molecule is C=CCOC(=O)CCc1cc(COC)c(OCC=C)c(COC)c1. The van der Waals surface area contributed by atoms with Crippen molar-refractivity contribution in [2.75, 3.05) is 27.4 Å². The van der Waals surface area contributed by atoms with Crippen LogP contribution in [-0.2, 0) is 38.6 Å². The van der Waals surface area contributed by atoms with Gasteiger partial charge in [0.05, 0.1) is 13.2 Å². The van der Waals surface area contributed by atoms with Gasteiger partial charge in [-0.15, -0.1) is 0 Å². The van der Waals surface area contributed by atoms with Gasteiger partial charge in [0.1, 0.15) is 19.0 Å². The fraction of sp³-hybridized carbons (Fsp3) is 0.421. The summed E-state index contributed by atoms with van der Waals surface area (Å²) in [6.45, 7) is 8.66. The van der Waals surface area contributed by atoms with Crippen LogP contribution in [0.25, 0.3) is 0 Å². The van der Waals surface area contributed by atoms with Crippen LogP contribution in [-0.4, -0.2) is 33.4 Å². The van der Waals surface area contributed by atoms with Crippen molar-refractivity contribution in [2.24, 2.45) is 0 Å². The molecule has 0 radical (unpaired) electrons. The number of methoxy groups -OCH3 is 2. The van der Waals surface area contributed by atoms with Crippen molar-refractivity contribution in [3.63, 3.8) is 0 Å². The smallest absolute Gasteiger partial charge is 0.306 e. The van der Waals surface area contributed by atoms with Crippen molar-refractivity contribution >= 4 is 5.97 Å². The molecular formula is C19H26O5. The zero-order valence-corrected chi connectivity index (χ0v) is 14.5. The van der Waals surface area contributed by atoms with E-state index in [2.05, 4.69) is 13.2 Å². The van der Waals surface area contributed by atoms with E-state index in [1.165, 1.54) is 0 Å². The Balaban J connectivity index is 2.97. The molecule has 0 atom stereocenters. The van der Waals surface area contributed by atoms with Gasteiger partial charge in [-0.3, -0.25) is 4.79 Å². The summed E-state index contributed by atoms with van der Waals surface area (Å²) in [6, 6.07) is 3.98. The summed E-state index contributed by atoms with van der Waals surface area (Å²) in [4.78, 5) is 11.6. The molecule has 5 nitrogen and oxygen atoms in total. The summed E-state index contributed by atoms with van der Waals surface area (Å²) in [5.74, 6) is 0.500. The average Bonchev–Trinajstić information content (AvgIpc) is 2.58. The van der Waals surface area contributed by atoms with E-state index in [0.717, 1.165) is 22.4 Å². The quantitative estimate of drug-likeness (QED) is 0.434. The number of esters is 1. The first-order valence-electron chi connectivity index (χ1n) is 7.79. The van der Waals surface area contributed by atoms with Gasteiger partial charge in [-0.1, -0.05) is 25.3 Å². The lowest BCUT2D eigenvalue weighted by Gasteiger charge is -2.17. The maximum absolute atomic E-state index is 11.6. The maximum atomic E-state index is 11.6. The summed E-state index contributed by atoms with van der Waals surface area (Å²) in [7, 11) is 3.26. The van der Waals surface area contributed by atoms with Crippen LogP contribution in [0.2, 0.25) is 0 Å². The molecule has 0 saturated heterocycles. The van der Waals surface area contributed by atoms with Gasteiger partial charge in [0.2, 0.25) is 0 Å². The van der Waals surface area contributed by atoms with E-state index < -0.39 is 0 Å². The van der Waals surface area contributed by atoms with Crippen molar-refractivity contribution in [3.05, 3.63) is 54.1 Å². The van der Waals surface area contributed by atoms with Gasteiger partial charge in [0.15, 0.2) is 0 Å². The molecule has 0 aliphatic heterocycles. The molecule has 5 heteroatoms. The van der Waals surface area contributed by atoms with Gasteiger partial charge in [0.25, 0.3) is 0 Å². The van der Waals surface area contributed by atoms with Crippen LogP contribution < -0.4 is 4.74 Å². The van der Waals surface area contributed by atoms with Gasteiger partial charge in [-0.2, -0.15) is 0 Å². The fourth-order valence-corrected chi connectivity index (χ4v) is 2.29. The van der Waals surface area contributed by atoms with Gasteiger partial charge < -0.3 is 18.9 Å². The lowest BCUT2D eigenvalue weighted by molar-refractivity contribution is -0.142. The number of hydrogen-bond acceptors (Lipinski definition) is 5. The lowest BCUT2D eigenvalue weighted by atomic mass is 10.0. The molecule has 0 saturated carbocycles. The Kier molecular flexibility index (Phi) is 9.49. The van der Waals surface area contributed by atoms with Crippen LogP contribution in [0.1, 0.15) is 23.1 Å². The molecule has 0 N–H and O–H groups in total. The van der Waals surface area contributed by atoms with E-state index in [1.54, 1.807) is 26.4 Å². The Morgan fingerprint density at radius 2 is 1.62 bits per heavy atom. The van der Waals surface area contributed by atoms with E-state index in [9.17, 15) is 4.79 Å². The molecule has 132 valence electrons. The highest BCUT2D eigenvalue weighted by Gasteiger charge is 2.13. The predicted octanol–water partition coefficient (Wildman–Crippen LogP) is 3.21. The molecule has 1 aromatic carbocycles. The monoisotopic (exact) mass is 334 g/mol. The first kappa shape index (κ1) is 19.9. The van der Waals surface area contributed by atoms with Crippen molar-refractivity contribution in [3.8, 4) is 5.75 Å². The number of ether oxygens (including phenoxy) is 4. The Labute approximate surface area is 143 Å². The largest absolute Gasteiger partial charge is 0.489 e. The highest BCUT2D eigenvalue weighted by molar-refractivity contribution is 5.69. The Bertz CT molecular complexity index is 524. The Morgan fingerprint density at radius 1 is 1.04 bits per heavy atom. The van der Waals surface area contributed by atoms with Crippen LogP contribution in [0, 0.1) is 0 Å². The van der Waals surface area contributed by atoms with Crippen molar-refractivity contribution in [2.45, 2.75) is 26.1 Å². The first-order valence-corrected chi connectivity index (χ1v) is 7.79. The van der Waals surface area contributed by atoms with Crippen molar-refractivity contribution in [1.82, 2.24) is 0 Å². The molecule has 0 bridgehead atoms. The number of carbonyl (C=O) groups excluding carboxylic acids is 1. The Morgan fingerprint density at radius 3 is 2.12 bits per heavy atom. The van der Waals surface area contributed by atoms with Gasteiger partial charge in [-0.25, -0.2) is 0 Å². The molecule has 0 spiro atoms. The highest BCUT2D eigenvalue weighted by Crippen LogP contribution is 2.28. The molecule has 0 heterocycles. The van der Waals surface area contributed by atoms with Crippen LogP contribution in [0.15, 0.2) is 37.4 Å².